The molecule has 1 atom stereocenters. The molecule has 0 aromatic heterocycles. The van der Waals surface area contributed by atoms with Crippen molar-refractivity contribution in [1.29, 1.82) is 0 Å². The molecule has 2 saturated heterocycles. The van der Waals surface area contributed by atoms with Crippen LogP contribution in [0.1, 0.15) is 42.6 Å². The molecular weight excluding hydrogens is 462 g/mol. The number of hydrogen-bond donors (Lipinski definition) is 1. The van der Waals surface area contributed by atoms with Gasteiger partial charge in [-0.05, 0) is 29.8 Å². The van der Waals surface area contributed by atoms with Crippen LogP contribution < -0.4 is 14.8 Å². The summed E-state index contributed by atoms with van der Waals surface area (Å²) in [4.78, 5) is 43.0. The standard InChI is InChI=1S/C27H31N3O6/c1-18(2)25(32)29-12-10-27(11-13-29)30(26(33)20-6-4-3-5-7-20)21(16-36-27)24(31)28-15-19-8-9-22-23(14-19)35-17-34-22/h3-9,14,18,21H,10-13,15-17H2,1-2H3,(H,28,31). The molecule has 36 heavy (non-hydrogen) atoms. The van der Waals surface area contributed by atoms with Gasteiger partial charge >= 0.3 is 0 Å². The summed E-state index contributed by atoms with van der Waals surface area (Å²) in [6, 6.07) is 13.7. The van der Waals surface area contributed by atoms with Crippen molar-refractivity contribution in [2.24, 2.45) is 5.92 Å². The van der Waals surface area contributed by atoms with Gasteiger partial charge in [-0.2, -0.15) is 0 Å². The smallest absolute Gasteiger partial charge is 0.256 e. The van der Waals surface area contributed by atoms with Crippen LogP contribution in [0.15, 0.2) is 48.5 Å². The Morgan fingerprint density at radius 1 is 1.03 bits per heavy atom. The van der Waals surface area contributed by atoms with Gasteiger partial charge in [-0.3, -0.25) is 19.3 Å². The Bertz CT molecular complexity index is 1140. The molecule has 1 N–H and O–H groups in total. The maximum Gasteiger partial charge on any atom is 0.256 e. The molecule has 1 spiro atoms. The molecule has 0 aliphatic carbocycles. The van der Waals surface area contributed by atoms with Gasteiger partial charge < -0.3 is 24.4 Å². The van der Waals surface area contributed by atoms with Crippen LogP contribution in [0.3, 0.4) is 0 Å². The van der Waals surface area contributed by atoms with Crippen molar-refractivity contribution >= 4 is 17.7 Å². The van der Waals surface area contributed by atoms with Crippen LogP contribution in [0, 0.1) is 5.92 Å². The monoisotopic (exact) mass is 493 g/mol. The van der Waals surface area contributed by atoms with E-state index in [9.17, 15) is 14.4 Å². The zero-order valence-electron chi connectivity index (χ0n) is 20.6. The number of piperidine rings is 1. The summed E-state index contributed by atoms with van der Waals surface area (Å²) >= 11 is 0. The average Bonchev–Trinajstić information content (AvgIpc) is 3.52. The molecule has 5 rings (SSSR count). The fraction of sp³-hybridized carbons (Fsp3) is 0.444. The third-order valence-electron chi connectivity index (χ3n) is 7.06. The highest BCUT2D eigenvalue weighted by Gasteiger charge is 2.54. The number of nitrogens with zero attached hydrogens (tertiary/aromatic N) is 2. The highest BCUT2D eigenvalue weighted by atomic mass is 16.7. The Labute approximate surface area is 210 Å². The first-order chi connectivity index (χ1) is 17.4. The number of hydrogen-bond acceptors (Lipinski definition) is 6. The molecule has 3 aliphatic rings. The third kappa shape index (κ3) is 4.51. The molecule has 190 valence electrons. The minimum absolute atomic E-state index is 0.0850. The lowest BCUT2D eigenvalue weighted by Gasteiger charge is -2.44. The Kier molecular flexibility index (Phi) is 6.57. The lowest BCUT2D eigenvalue weighted by molar-refractivity contribution is -0.146. The van der Waals surface area contributed by atoms with Crippen molar-refractivity contribution in [3.63, 3.8) is 0 Å². The number of fused-ring (bicyclic) bond motifs is 1. The first kappa shape index (κ1) is 24.1. The summed E-state index contributed by atoms with van der Waals surface area (Å²) in [7, 11) is 0. The lowest BCUT2D eigenvalue weighted by atomic mass is 9.95. The summed E-state index contributed by atoms with van der Waals surface area (Å²) < 4.78 is 17.0. The second-order valence-corrected chi connectivity index (χ2v) is 9.70. The van der Waals surface area contributed by atoms with E-state index in [1.807, 2.05) is 43.0 Å². The SMILES string of the molecule is CC(C)C(=O)N1CCC2(CC1)OCC(C(=O)NCc1ccc3c(c1)OCO3)N2C(=O)c1ccccc1. The topological polar surface area (TPSA) is 97.4 Å². The van der Waals surface area contributed by atoms with Gasteiger partial charge in [0.2, 0.25) is 18.6 Å². The zero-order valence-corrected chi connectivity index (χ0v) is 20.6. The highest BCUT2D eigenvalue weighted by Crippen LogP contribution is 2.39. The van der Waals surface area contributed by atoms with E-state index in [-0.39, 0.29) is 43.6 Å². The first-order valence-electron chi connectivity index (χ1n) is 12.4. The van der Waals surface area contributed by atoms with Crippen molar-refractivity contribution < 1.29 is 28.6 Å². The van der Waals surface area contributed by atoms with E-state index in [1.165, 1.54) is 0 Å². The van der Waals surface area contributed by atoms with Crippen LogP contribution >= 0.6 is 0 Å². The molecule has 0 radical (unpaired) electrons. The van der Waals surface area contributed by atoms with Gasteiger partial charge in [0.15, 0.2) is 11.5 Å². The van der Waals surface area contributed by atoms with E-state index in [0.717, 1.165) is 5.56 Å². The van der Waals surface area contributed by atoms with Gasteiger partial charge in [0.25, 0.3) is 5.91 Å². The second-order valence-electron chi connectivity index (χ2n) is 9.70. The second kappa shape index (κ2) is 9.81. The van der Waals surface area contributed by atoms with Crippen molar-refractivity contribution in [3.05, 3.63) is 59.7 Å². The largest absolute Gasteiger partial charge is 0.454 e. The van der Waals surface area contributed by atoms with Crippen molar-refractivity contribution in [2.45, 2.75) is 45.0 Å². The average molecular weight is 494 g/mol. The van der Waals surface area contributed by atoms with Crippen LogP contribution in [-0.2, 0) is 20.9 Å². The summed E-state index contributed by atoms with van der Waals surface area (Å²) in [6.07, 6.45) is 0.909. The normalized spacial score (nSPS) is 20.1. The van der Waals surface area contributed by atoms with Crippen LogP contribution in [0.2, 0.25) is 0 Å². The summed E-state index contributed by atoms with van der Waals surface area (Å²) in [5.41, 5.74) is 0.431. The van der Waals surface area contributed by atoms with Crippen LogP contribution in [0.4, 0.5) is 0 Å². The van der Waals surface area contributed by atoms with E-state index in [4.69, 9.17) is 14.2 Å². The number of likely N-dealkylation sites (tertiary alicyclic amines) is 1. The Morgan fingerprint density at radius 2 is 1.75 bits per heavy atom. The number of benzene rings is 2. The number of amides is 3. The predicted molar refractivity (Wildman–Crippen MR) is 130 cm³/mol. The molecule has 1 unspecified atom stereocenters. The molecule has 9 heteroatoms. The van der Waals surface area contributed by atoms with E-state index in [2.05, 4.69) is 5.32 Å². The number of carbonyl (C=O) groups is 3. The molecule has 3 heterocycles. The van der Waals surface area contributed by atoms with E-state index >= 15 is 0 Å². The Hall–Kier alpha value is -3.59. The zero-order chi connectivity index (χ0) is 25.3. The molecule has 0 saturated carbocycles. The van der Waals surface area contributed by atoms with Gasteiger partial charge in [-0.15, -0.1) is 0 Å². The van der Waals surface area contributed by atoms with Gasteiger partial charge in [-0.1, -0.05) is 38.1 Å². The molecule has 3 aliphatic heterocycles. The van der Waals surface area contributed by atoms with Gasteiger partial charge in [0.05, 0.1) is 6.61 Å². The molecule has 9 nitrogen and oxygen atoms in total. The van der Waals surface area contributed by atoms with Crippen molar-refractivity contribution in [1.82, 2.24) is 15.1 Å². The van der Waals surface area contributed by atoms with Crippen LogP contribution in [0.5, 0.6) is 11.5 Å². The number of ether oxygens (including phenoxy) is 3. The minimum Gasteiger partial charge on any atom is -0.454 e. The minimum atomic E-state index is -0.929. The molecule has 2 aromatic rings. The van der Waals surface area contributed by atoms with Crippen molar-refractivity contribution in [3.8, 4) is 11.5 Å². The molecule has 3 amide bonds. The Balaban J connectivity index is 1.34. The van der Waals surface area contributed by atoms with E-state index < -0.39 is 11.8 Å². The highest BCUT2D eigenvalue weighted by molar-refractivity contribution is 5.98. The third-order valence-corrected chi connectivity index (χ3v) is 7.06. The quantitative estimate of drug-likeness (QED) is 0.688. The predicted octanol–water partition coefficient (Wildman–Crippen LogP) is 2.55. The molecule has 2 fully saturated rings. The van der Waals surface area contributed by atoms with E-state index in [0.29, 0.717) is 43.0 Å². The van der Waals surface area contributed by atoms with Crippen LogP contribution in [-0.4, -0.2) is 65.8 Å². The van der Waals surface area contributed by atoms with Crippen LogP contribution in [0.25, 0.3) is 0 Å². The van der Waals surface area contributed by atoms with Gasteiger partial charge in [0.1, 0.15) is 11.8 Å². The first-order valence-corrected chi connectivity index (χ1v) is 12.4. The van der Waals surface area contributed by atoms with E-state index in [1.54, 1.807) is 29.2 Å². The summed E-state index contributed by atoms with van der Waals surface area (Å²) in [6.45, 7) is 5.27. The maximum absolute atomic E-state index is 13.7. The number of carbonyl (C=O) groups excluding carboxylic acids is 3. The number of rotatable bonds is 5. The molecular formula is C27H31N3O6. The fourth-order valence-corrected chi connectivity index (χ4v) is 5.09. The lowest BCUT2D eigenvalue weighted by Crippen LogP contribution is -2.60. The van der Waals surface area contributed by atoms with Gasteiger partial charge in [0, 0.05) is 44.0 Å². The van der Waals surface area contributed by atoms with Crippen molar-refractivity contribution in [2.75, 3.05) is 26.5 Å². The maximum atomic E-state index is 13.7. The summed E-state index contributed by atoms with van der Waals surface area (Å²) in [5, 5.41) is 2.96. The Morgan fingerprint density at radius 3 is 2.47 bits per heavy atom. The fourth-order valence-electron chi connectivity index (χ4n) is 5.09. The van der Waals surface area contributed by atoms with Gasteiger partial charge in [-0.25, -0.2) is 0 Å². The molecule has 0 bridgehead atoms. The molecule has 2 aromatic carbocycles. The summed E-state index contributed by atoms with van der Waals surface area (Å²) in [5.74, 6) is 0.781. The number of nitrogens with one attached hydrogen (secondary N) is 1.